The number of hydrogen-bond donors (Lipinski definition) is 1. The highest BCUT2D eigenvalue weighted by molar-refractivity contribution is 14.1. The van der Waals surface area contributed by atoms with E-state index in [1.807, 2.05) is 43.3 Å². The summed E-state index contributed by atoms with van der Waals surface area (Å²) in [6.45, 7) is 5.14. The number of aromatic amines is 1. The molecular weight excluding hydrogens is 473 g/mol. The lowest BCUT2D eigenvalue weighted by molar-refractivity contribution is -0.0203. The largest absolute Gasteiger partial charge is 0.475 e. The molecule has 0 amide bonds. The number of rotatable bonds is 12. The number of hydrogen-bond acceptors (Lipinski definition) is 6. The number of aromatic nitrogens is 3. The number of nitrogens with one attached hydrogen (secondary N) is 1. The van der Waals surface area contributed by atoms with Crippen molar-refractivity contribution in [3.63, 3.8) is 0 Å². The van der Waals surface area contributed by atoms with Crippen molar-refractivity contribution in [1.29, 1.82) is 0 Å². The normalized spacial score (nSPS) is 12.4. The quantitative estimate of drug-likeness (QED) is 0.305. The third-order valence-electron chi connectivity index (χ3n) is 3.96. The molecule has 8 heteroatoms. The maximum absolute atomic E-state index is 5.71. The van der Waals surface area contributed by atoms with Gasteiger partial charge in [-0.3, -0.25) is 5.10 Å². The van der Waals surface area contributed by atoms with Crippen molar-refractivity contribution in [2.45, 2.75) is 19.6 Å². The van der Waals surface area contributed by atoms with E-state index in [9.17, 15) is 0 Å². The van der Waals surface area contributed by atoms with Crippen molar-refractivity contribution in [1.82, 2.24) is 15.2 Å². The molecule has 0 aliphatic carbocycles. The third kappa shape index (κ3) is 6.69. The van der Waals surface area contributed by atoms with E-state index in [4.69, 9.17) is 18.9 Å². The second-order valence-corrected chi connectivity index (χ2v) is 7.25. The zero-order valence-electron chi connectivity index (χ0n) is 15.8. The Labute approximate surface area is 177 Å². The standard InChI is InChI=1S/C20H24IN3O4/c1-15(13-28-19-11-17-18(12-22-19)23-24-20(17)21)27-10-9-25-7-8-26-14-16-5-3-2-4-6-16/h2-6,11-12,15H,7-10,13-14H2,1H3,(H,23,24). The van der Waals surface area contributed by atoms with Crippen LogP contribution in [0.5, 0.6) is 5.88 Å². The first kappa shape index (κ1) is 21.0. The van der Waals surface area contributed by atoms with Gasteiger partial charge in [0.2, 0.25) is 5.88 Å². The first-order valence-corrected chi connectivity index (χ1v) is 10.2. The van der Waals surface area contributed by atoms with Gasteiger partial charge in [0, 0.05) is 11.5 Å². The van der Waals surface area contributed by atoms with Crippen LogP contribution in [0.4, 0.5) is 0 Å². The number of benzene rings is 1. The highest BCUT2D eigenvalue weighted by Crippen LogP contribution is 2.20. The fourth-order valence-electron chi connectivity index (χ4n) is 2.49. The second-order valence-electron chi connectivity index (χ2n) is 6.23. The monoisotopic (exact) mass is 497 g/mol. The van der Waals surface area contributed by atoms with Gasteiger partial charge >= 0.3 is 0 Å². The Morgan fingerprint density at radius 3 is 2.71 bits per heavy atom. The summed E-state index contributed by atoms with van der Waals surface area (Å²) in [5.41, 5.74) is 2.06. The van der Waals surface area contributed by atoms with E-state index in [1.54, 1.807) is 6.20 Å². The van der Waals surface area contributed by atoms with Crippen LogP contribution in [0.2, 0.25) is 0 Å². The van der Waals surface area contributed by atoms with Crippen LogP contribution in [0.25, 0.3) is 10.9 Å². The molecule has 7 nitrogen and oxygen atoms in total. The Morgan fingerprint density at radius 2 is 1.86 bits per heavy atom. The summed E-state index contributed by atoms with van der Waals surface area (Å²) in [6.07, 6.45) is 1.66. The summed E-state index contributed by atoms with van der Waals surface area (Å²) in [5.74, 6) is 0.564. The number of fused-ring (bicyclic) bond motifs is 1. The van der Waals surface area contributed by atoms with E-state index in [2.05, 4.69) is 37.8 Å². The molecule has 0 spiro atoms. The van der Waals surface area contributed by atoms with E-state index in [-0.39, 0.29) is 6.10 Å². The minimum atomic E-state index is -0.0566. The number of ether oxygens (including phenoxy) is 4. The molecule has 0 bridgehead atoms. The molecular formula is C20H24IN3O4. The van der Waals surface area contributed by atoms with Crippen molar-refractivity contribution in [2.75, 3.05) is 33.0 Å². The SMILES string of the molecule is CC(COc1cc2c(I)n[nH]c2cn1)OCCOCCOCc1ccccc1. The fraction of sp³-hybridized carbons (Fsp3) is 0.400. The lowest BCUT2D eigenvalue weighted by Gasteiger charge is -2.14. The van der Waals surface area contributed by atoms with Crippen molar-refractivity contribution in [2.24, 2.45) is 0 Å². The Hall–Kier alpha value is -1.75. The van der Waals surface area contributed by atoms with Gasteiger partial charge in [-0.25, -0.2) is 4.98 Å². The lowest BCUT2D eigenvalue weighted by Crippen LogP contribution is -2.21. The van der Waals surface area contributed by atoms with E-state index < -0.39 is 0 Å². The molecule has 0 saturated carbocycles. The van der Waals surface area contributed by atoms with Gasteiger partial charge in [-0.2, -0.15) is 5.10 Å². The van der Waals surface area contributed by atoms with E-state index >= 15 is 0 Å². The average Bonchev–Trinajstić information content (AvgIpc) is 3.09. The summed E-state index contributed by atoms with van der Waals surface area (Å²) in [7, 11) is 0. The van der Waals surface area contributed by atoms with Crippen LogP contribution >= 0.6 is 22.6 Å². The predicted octanol–water partition coefficient (Wildman–Crippen LogP) is 3.58. The molecule has 0 radical (unpaired) electrons. The van der Waals surface area contributed by atoms with Crippen LogP contribution < -0.4 is 4.74 Å². The molecule has 150 valence electrons. The Bertz CT molecular complexity index is 844. The number of halogens is 1. The van der Waals surface area contributed by atoms with Crippen LogP contribution in [0.3, 0.4) is 0 Å². The van der Waals surface area contributed by atoms with Crippen molar-refractivity contribution in [3.05, 3.63) is 51.9 Å². The van der Waals surface area contributed by atoms with Gasteiger partial charge in [0.1, 0.15) is 10.3 Å². The zero-order chi connectivity index (χ0) is 19.6. The lowest BCUT2D eigenvalue weighted by atomic mass is 10.2. The predicted molar refractivity (Wildman–Crippen MR) is 114 cm³/mol. The summed E-state index contributed by atoms with van der Waals surface area (Å²) in [4.78, 5) is 4.26. The van der Waals surface area contributed by atoms with Gasteiger partial charge in [-0.1, -0.05) is 30.3 Å². The first-order chi connectivity index (χ1) is 13.7. The molecule has 3 rings (SSSR count). The Morgan fingerprint density at radius 1 is 1.07 bits per heavy atom. The topological polar surface area (TPSA) is 78.5 Å². The van der Waals surface area contributed by atoms with Gasteiger partial charge < -0.3 is 18.9 Å². The number of pyridine rings is 1. The molecule has 0 aliphatic heterocycles. The van der Waals surface area contributed by atoms with Gasteiger partial charge in [-0.15, -0.1) is 0 Å². The molecule has 3 aromatic rings. The molecule has 2 aromatic heterocycles. The fourth-order valence-corrected chi connectivity index (χ4v) is 3.05. The molecule has 1 atom stereocenters. The smallest absolute Gasteiger partial charge is 0.214 e. The van der Waals surface area contributed by atoms with Crippen LogP contribution in [-0.4, -0.2) is 54.3 Å². The molecule has 0 fully saturated rings. The summed E-state index contributed by atoms with van der Waals surface area (Å²) >= 11 is 2.18. The summed E-state index contributed by atoms with van der Waals surface area (Å²) in [6, 6.07) is 12.0. The maximum atomic E-state index is 5.71. The van der Waals surface area contributed by atoms with Crippen molar-refractivity contribution >= 4 is 33.5 Å². The highest BCUT2D eigenvalue weighted by Gasteiger charge is 2.08. The summed E-state index contributed by atoms with van der Waals surface area (Å²) in [5, 5.41) is 8.06. The Kier molecular flexibility index (Phi) is 8.46. The average molecular weight is 497 g/mol. The molecule has 2 heterocycles. The highest BCUT2D eigenvalue weighted by atomic mass is 127. The van der Waals surface area contributed by atoms with Gasteiger partial charge in [0.25, 0.3) is 0 Å². The molecule has 0 saturated heterocycles. The minimum absolute atomic E-state index is 0.0566. The van der Waals surface area contributed by atoms with Crippen LogP contribution in [-0.2, 0) is 20.8 Å². The molecule has 1 aromatic carbocycles. The van der Waals surface area contributed by atoms with E-state index in [0.717, 1.165) is 20.2 Å². The van der Waals surface area contributed by atoms with Gasteiger partial charge in [0.15, 0.2) is 0 Å². The minimum Gasteiger partial charge on any atom is -0.475 e. The van der Waals surface area contributed by atoms with Crippen LogP contribution in [0, 0.1) is 3.70 Å². The first-order valence-electron chi connectivity index (χ1n) is 9.16. The third-order valence-corrected chi connectivity index (χ3v) is 4.78. The van der Waals surface area contributed by atoms with Crippen molar-refractivity contribution in [3.8, 4) is 5.88 Å². The molecule has 28 heavy (non-hydrogen) atoms. The van der Waals surface area contributed by atoms with E-state index in [0.29, 0.717) is 45.5 Å². The molecule has 1 N–H and O–H groups in total. The van der Waals surface area contributed by atoms with Crippen LogP contribution in [0.1, 0.15) is 12.5 Å². The number of H-pyrrole nitrogens is 1. The summed E-state index contributed by atoms with van der Waals surface area (Å²) < 4.78 is 23.4. The molecule has 1 unspecified atom stereocenters. The van der Waals surface area contributed by atoms with Gasteiger partial charge in [0.05, 0.1) is 50.9 Å². The second kappa shape index (κ2) is 11.3. The Balaban J connectivity index is 1.22. The van der Waals surface area contributed by atoms with Crippen molar-refractivity contribution < 1.29 is 18.9 Å². The van der Waals surface area contributed by atoms with Crippen LogP contribution in [0.15, 0.2) is 42.6 Å². The maximum Gasteiger partial charge on any atom is 0.214 e. The molecule has 0 aliphatic rings. The van der Waals surface area contributed by atoms with Gasteiger partial charge in [-0.05, 0) is 35.1 Å². The number of nitrogens with zero attached hydrogens (tertiary/aromatic N) is 2. The van der Waals surface area contributed by atoms with E-state index in [1.165, 1.54) is 0 Å². The zero-order valence-corrected chi connectivity index (χ0v) is 17.9.